The maximum absolute atomic E-state index is 12.3. The highest BCUT2D eigenvalue weighted by molar-refractivity contribution is 5.78. The van der Waals surface area contributed by atoms with Crippen molar-refractivity contribution in [2.75, 3.05) is 32.7 Å². The van der Waals surface area contributed by atoms with Gasteiger partial charge in [-0.25, -0.2) is 0 Å². The summed E-state index contributed by atoms with van der Waals surface area (Å²) in [7, 11) is 0. The minimum absolute atomic E-state index is 0.113. The summed E-state index contributed by atoms with van der Waals surface area (Å²) in [6.07, 6.45) is 0.970. The second-order valence-electron chi connectivity index (χ2n) is 6.19. The molecular weight excluding hydrogens is 262 g/mol. The second-order valence-corrected chi connectivity index (χ2v) is 6.19. The van der Waals surface area contributed by atoms with Crippen LogP contribution in [0.3, 0.4) is 0 Å². The van der Waals surface area contributed by atoms with E-state index in [0.29, 0.717) is 12.5 Å². The predicted octanol–water partition coefficient (Wildman–Crippen LogP) is 1.80. The Bertz CT molecular complexity index is 427. The number of carbonyl (C=O) groups excluding carboxylic acids is 1. The predicted molar refractivity (Wildman–Crippen MR) is 86.1 cm³/mol. The van der Waals surface area contributed by atoms with Crippen molar-refractivity contribution in [3.05, 3.63) is 35.9 Å². The molecule has 4 nitrogen and oxygen atoms in total. The van der Waals surface area contributed by atoms with Crippen LogP contribution in [-0.4, -0.2) is 43.5 Å². The van der Waals surface area contributed by atoms with Gasteiger partial charge < -0.3 is 10.6 Å². The Balaban J connectivity index is 1.92. The highest BCUT2D eigenvalue weighted by Crippen LogP contribution is 2.20. The van der Waals surface area contributed by atoms with Crippen LogP contribution < -0.4 is 10.6 Å². The molecule has 1 fully saturated rings. The van der Waals surface area contributed by atoms with E-state index in [1.165, 1.54) is 5.56 Å². The molecule has 1 aromatic carbocycles. The molecule has 1 saturated heterocycles. The molecule has 1 atom stereocenters. The van der Waals surface area contributed by atoms with E-state index in [1.807, 2.05) is 18.2 Å². The molecule has 0 spiro atoms. The fourth-order valence-corrected chi connectivity index (χ4v) is 2.75. The smallest absolute Gasteiger partial charge is 0.234 e. The Labute approximate surface area is 127 Å². The van der Waals surface area contributed by atoms with E-state index in [2.05, 4.69) is 41.5 Å². The third-order valence-electron chi connectivity index (χ3n) is 3.82. The largest absolute Gasteiger partial charge is 0.348 e. The van der Waals surface area contributed by atoms with Gasteiger partial charge in [0.25, 0.3) is 0 Å². The number of carbonyl (C=O) groups is 1. The van der Waals surface area contributed by atoms with E-state index in [1.54, 1.807) is 0 Å². The van der Waals surface area contributed by atoms with Crippen LogP contribution in [-0.2, 0) is 4.79 Å². The van der Waals surface area contributed by atoms with Gasteiger partial charge in [-0.15, -0.1) is 0 Å². The highest BCUT2D eigenvalue weighted by Gasteiger charge is 2.18. The third-order valence-corrected chi connectivity index (χ3v) is 3.82. The molecule has 0 radical (unpaired) electrons. The van der Waals surface area contributed by atoms with Crippen LogP contribution in [0.25, 0.3) is 0 Å². The fourth-order valence-electron chi connectivity index (χ4n) is 2.75. The standard InChI is InChI=1S/C17H27N3O/c1-14(2)12-16(15-6-4-3-5-7-15)19-17(21)13-20-10-8-18-9-11-20/h3-7,14,16,18H,8-13H2,1-2H3,(H,19,21). The van der Waals surface area contributed by atoms with Crippen LogP contribution in [0.15, 0.2) is 30.3 Å². The van der Waals surface area contributed by atoms with Crippen molar-refractivity contribution in [2.45, 2.75) is 26.3 Å². The number of hydrogen-bond acceptors (Lipinski definition) is 3. The summed E-state index contributed by atoms with van der Waals surface area (Å²) in [4.78, 5) is 14.5. The molecule has 1 aliphatic heterocycles. The van der Waals surface area contributed by atoms with Gasteiger partial charge in [-0.1, -0.05) is 44.2 Å². The first-order valence-electron chi connectivity index (χ1n) is 7.92. The van der Waals surface area contributed by atoms with Gasteiger partial charge in [-0.3, -0.25) is 9.69 Å². The molecule has 21 heavy (non-hydrogen) atoms. The zero-order valence-electron chi connectivity index (χ0n) is 13.1. The lowest BCUT2D eigenvalue weighted by atomic mass is 9.97. The van der Waals surface area contributed by atoms with E-state index in [9.17, 15) is 4.79 Å². The first-order chi connectivity index (χ1) is 10.1. The summed E-state index contributed by atoms with van der Waals surface area (Å²) in [5.41, 5.74) is 1.19. The summed E-state index contributed by atoms with van der Waals surface area (Å²) in [5, 5.41) is 6.52. The average molecular weight is 289 g/mol. The number of amides is 1. The van der Waals surface area contributed by atoms with Gasteiger partial charge >= 0.3 is 0 Å². The van der Waals surface area contributed by atoms with Gasteiger partial charge in [-0.2, -0.15) is 0 Å². The number of benzene rings is 1. The van der Waals surface area contributed by atoms with Gasteiger partial charge in [-0.05, 0) is 17.9 Å². The van der Waals surface area contributed by atoms with Crippen molar-refractivity contribution >= 4 is 5.91 Å². The molecule has 0 aliphatic carbocycles. The maximum atomic E-state index is 12.3. The fraction of sp³-hybridized carbons (Fsp3) is 0.588. The Morgan fingerprint density at radius 1 is 1.24 bits per heavy atom. The van der Waals surface area contributed by atoms with Gasteiger partial charge in [0, 0.05) is 26.2 Å². The molecule has 2 N–H and O–H groups in total. The summed E-state index contributed by atoms with van der Waals surface area (Å²) < 4.78 is 0. The van der Waals surface area contributed by atoms with E-state index < -0.39 is 0 Å². The lowest BCUT2D eigenvalue weighted by Crippen LogP contribution is -2.48. The van der Waals surface area contributed by atoms with Crippen molar-refractivity contribution < 1.29 is 4.79 Å². The quantitative estimate of drug-likeness (QED) is 0.839. The normalized spacial score (nSPS) is 17.7. The molecule has 4 heteroatoms. The van der Waals surface area contributed by atoms with Crippen molar-refractivity contribution in [2.24, 2.45) is 5.92 Å². The van der Waals surface area contributed by atoms with E-state index >= 15 is 0 Å². The van der Waals surface area contributed by atoms with Crippen LogP contribution in [0.4, 0.5) is 0 Å². The number of rotatable bonds is 6. The zero-order chi connectivity index (χ0) is 15.1. The van der Waals surface area contributed by atoms with Crippen LogP contribution in [0.1, 0.15) is 31.9 Å². The Morgan fingerprint density at radius 2 is 1.90 bits per heavy atom. The molecule has 1 unspecified atom stereocenters. The lowest BCUT2D eigenvalue weighted by Gasteiger charge is -2.28. The molecule has 116 valence electrons. The first kappa shape index (κ1) is 16.0. The molecule has 0 bridgehead atoms. The molecule has 1 aliphatic rings. The SMILES string of the molecule is CC(C)CC(NC(=O)CN1CCNCC1)c1ccccc1. The monoisotopic (exact) mass is 289 g/mol. The van der Waals surface area contributed by atoms with Gasteiger partial charge in [0.1, 0.15) is 0 Å². The maximum Gasteiger partial charge on any atom is 0.234 e. The lowest BCUT2D eigenvalue weighted by molar-refractivity contribution is -0.123. The summed E-state index contributed by atoms with van der Waals surface area (Å²) in [6, 6.07) is 10.4. The van der Waals surface area contributed by atoms with Gasteiger partial charge in [0.2, 0.25) is 5.91 Å². The van der Waals surface area contributed by atoms with Crippen molar-refractivity contribution in [3.8, 4) is 0 Å². The third kappa shape index (κ3) is 5.48. The van der Waals surface area contributed by atoms with E-state index in [4.69, 9.17) is 0 Å². The molecule has 2 rings (SSSR count). The van der Waals surface area contributed by atoms with Crippen LogP contribution in [0, 0.1) is 5.92 Å². The molecule has 1 aromatic rings. The van der Waals surface area contributed by atoms with Crippen molar-refractivity contribution in [1.29, 1.82) is 0 Å². The Morgan fingerprint density at radius 3 is 2.52 bits per heavy atom. The van der Waals surface area contributed by atoms with Crippen molar-refractivity contribution in [3.63, 3.8) is 0 Å². The molecule has 1 heterocycles. The summed E-state index contributed by atoms with van der Waals surface area (Å²) in [6.45, 7) is 8.74. The topological polar surface area (TPSA) is 44.4 Å². The van der Waals surface area contributed by atoms with Crippen LogP contribution in [0.5, 0.6) is 0 Å². The van der Waals surface area contributed by atoms with Crippen LogP contribution in [0.2, 0.25) is 0 Å². The highest BCUT2D eigenvalue weighted by atomic mass is 16.2. The average Bonchev–Trinajstić information content (AvgIpc) is 2.48. The second kappa shape index (κ2) is 8.15. The molecule has 0 aromatic heterocycles. The molecular formula is C17H27N3O. The minimum atomic E-state index is 0.113. The van der Waals surface area contributed by atoms with Crippen molar-refractivity contribution in [1.82, 2.24) is 15.5 Å². The summed E-state index contributed by atoms with van der Waals surface area (Å²) in [5.74, 6) is 0.682. The van der Waals surface area contributed by atoms with E-state index in [0.717, 1.165) is 32.6 Å². The van der Waals surface area contributed by atoms with E-state index in [-0.39, 0.29) is 11.9 Å². The van der Waals surface area contributed by atoms with Crippen LogP contribution >= 0.6 is 0 Å². The zero-order valence-corrected chi connectivity index (χ0v) is 13.1. The minimum Gasteiger partial charge on any atom is -0.348 e. The number of piperazine rings is 1. The molecule has 1 amide bonds. The van der Waals surface area contributed by atoms with Gasteiger partial charge in [0.15, 0.2) is 0 Å². The van der Waals surface area contributed by atoms with Gasteiger partial charge in [0.05, 0.1) is 12.6 Å². The number of nitrogens with one attached hydrogen (secondary N) is 2. The number of hydrogen-bond donors (Lipinski definition) is 2. The molecule has 0 saturated carbocycles. The number of nitrogens with zero attached hydrogens (tertiary/aromatic N) is 1. The first-order valence-corrected chi connectivity index (χ1v) is 7.92. The Kier molecular flexibility index (Phi) is 6.21. The Hall–Kier alpha value is -1.39. The summed E-state index contributed by atoms with van der Waals surface area (Å²) >= 11 is 0.